The number of hydrogen-bond acceptors (Lipinski definition) is 3. The van der Waals surface area contributed by atoms with Crippen molar-refractivity contribution in [2.75, 3.05) is 31.5 Å². The fourth-order valence-electron chi connectivity index (χ4n) is 2.75. The second-order valence-corrected chi connectivity index (χ2v) is 5.90. The molecule has 1 aliphatic rings. The van der Waals surface area contributed by atoms with Crippen LogP contribution >= 0.6 is 0 Å². The molecule has 1 aliphatic heterocycles. The molecule has 24 heavy (non-hydrogen) atoms. The monoisotopic (exact) mass is 327 g/mol. The highest BCUT2D eigenvalue weighted by Crippen LogP contribution is 2.16. The largest absolute Gasteiger partial charge is 0.331 e. The fourth-order valence-corrected chi connectivity index (χ4v) is 2.75. The van der Waals surface area contributed by atoms with Gasteiger partial charge in [0.1, 0.15) is 0 Å². The summed E-state index contributed by atoms with van der Waals surface area (Å²) in [5.74, 6) is -0.0406. The van der Waals surface area contributed by atoms with Crippen LogP contribution in [0.4, 0.5) is 5.69 Å². The van der Waals surface area contributed by atoms with E-state index >= 15 is 0 Å². The van der Waals surface area contributed by atoms with Crippen molar-refractivity contribution >= 4 is 17.5 Å². The molecule has 0 aliphatic carbocycles. The third kappa shape index (κ3) is 4.80. The van der Waals surface area contributed by atoms with Gasteiger partial charge in [0, 0.05) is 30.9 Å². The summed E-state index contributed by atoms with van der Waals surface area (Å²) >= 11 is 0. The van der Waals surface area contributed by atoms with Gasteiger partial charge in [-0.25, -0.2) is 0 Å². The van der Waals surface area contributed by atoms with Crippen LogP contribution in [0.1, 0.15) is 23.2 Å². The normalized spacial score (nSPS) is 16.9. The van der Waals surface area contributed by atoms with Crippen molar-refractivity contribution < 1.29 is 9.59 Å². The Balaban J connectivity index is 1.98. The number of carbonyl (C=O) groups is 2. The molecule has 0 aromatic heterocycles. The van der Waals surface area contributed by atoms with Gasteiger partial charge in [-0.3, -0.25) is 9.59 Å². The summed E-state index contributed by atoms with van der Waals surface area (Å²) in [6, 6.07) is 7.00. The van der Waals surface area contributed by atoms with E-state index in [1.807, 2.05) is 0 Å². The Kier molecular flexibility index (Phi) is 6.75. The molecule has 1 aromatic carbocycles. The van der Waals surface area contributed by atoms with E-state index in [2.05, 4.69) is 23.8 Å². The van der Waals surface area contributed by atoms with E-state index in [1.165, 1.54) is 0 Å². The fraction of sp³-hybridized carbons (Fsp3) is 0.368. The molecule has 1 unspecified atom stereocenters. The maximum absolute atomic E-state index is 12.4. The molecule has 2 amide bonds. The maximum atomic E-state index is 12.4. The molecule has 0 spiro atoms. The first-order chi connectivity index (χ1) is 11.7. The number of anilines is 1. The highest BCUT2D eigenvalue weighted by Gasteiger charge is 2.21. The molecule has 128 valence electrons. The maximum Gasteiger partial charge on any atom is 0.254 e. The molecule has 0 bridgehead atoms. The number of hydrogen-bond donors (Lipinski definition) is 2. The van der Waals surface area contributed by atoms with Crippen molar-refractivity contribution in [3.63, 3.8) is 0 Å². The van der Waals surface area contributed by atoms with Crippen LogP contribution < -0.4 is 10.6 Å². The summed E-state index contributed by atoms with van der Waals surface area (Å²) in [6.45, 7) is 9.98. The molecule has 1 aromatic rings. The lowest BCUT2D eigenvalue weighted by molar-refractivity contribution is -0.120. The number of nitrogens with one attached hydrogen (secondary N) is 2. The minimum absolute atomic E-state index is 0.00994. The van der Waals surface area contributed by atoms with Crippen molar-refractivity contribution in [3.05, 3.63) is 55.1 Å². The van der Waals surface area contributed by atoms with Crippen LogP contribution in [0, 0.1) is 5.92 Å². The number of carbonyl (C=O) groups excluding carboxylic acids is 2. The van der Waals surface area contributed by atoms with Gasteiger partial charge in [0.25, 0.3) is 5.91 Å². The van der Waals surface area contributed by atoms with E-state index in [9.17, 15) is 9.59 Å². The van der Waals surface area contributed by atoms with E-state index in [0.717, 1.165) is 25.9 Å². The first kappa shape index (κ1) is 17.9. The molecule has 2 N–H and O–H groups in total. The van der Waals surface area contributed by atoms with Crippen molar-refractivity contribution in [2.24, 2.45) is 5.92 Å². The van der Waals surface area contributed by atoms with Gasteiger partial charge in [0.05, 0.1) is 5.92 Å². The zero-order chi connectivity index (χ0) is 17.4. The van der Waals surface area contributed by atoms with Gasteiger partial charge in [-0.2, -0.15) is 0 Å². The van der Waals surface area contributed by atoms with E-state index in [1.54, 1.807) is 41.3 Å². The van der Waals surface area contributed by atoms with Crippen LogP contribution in [-0.4, -0.2) is 42.9 Å². The van der Waals surface area contributed by atoms with Crippen LogP contribution in [0.5, 0.6) is 0 Å². The molecule has 0 saturated carbocycles. The highest BCUT2D eigenvalue weighted by molar-refractivity contribution is 5.96. The topological polar surface area (TPSA) is 61.4 Å². The molecule has 1 atom stereocenters. The van der Waals surface area contributed by atoms with Gasteiger partial charge in [-0.05, 0) is 43.7 Å². The summed E-state index contributed by atoms with van der Waals surface area (Å²) in [6.07, 6.45) is 5.31. The SMILES string of the molecule is C=CCN(CC=C)C(=O)c1ccc(NC(=O)C2CCCNC2)cc1. The molecule has 5 heteroatoms. The smallest absolute Gasteiger partial charge is 0.254 e. The Morgan fingerprint density at radius 2 is 1.88 bits per heavy atom. The van der Waals surface area contributed by atoms with Crippen molar-refractivity contribution in [1.29, 1.82) is 0 Å². The van der Waals surface area contributed by atoms with Gasteiger partial charge in [-0.15, -0.1) is 13.2 Å². The summed E-state index contributed by atoms with van der Waals surface area (Å²) < 4.78 is 0. The van der Waals surface area contributed by atoms with Gasteiger partial charge >= 0.3 is 0 Å². The lowest BCUT2D eigenvalue weighted by Crippen LogP contribution is -2.37. The van der Waals surface area contributed by atoms with Crippen molar-refractivity contribution in [2.45, 2.75) is 12.8 Å². The second kappa shape index (κ2) is 9.03. The number of nitrogens with zero attached hydrogens (tertiary/aromatic N) is 1. The van der Waals surface area contributed by atoms with Crippen LogP contribution in [0.25, 0.3) is 0 Å². The van der Waals surface area contributed by atoms with Crippen LogP contribution in [0.2, 0.25) is 0 Å². The number of rotatable bonds is 7. The Labute approximate surface area is 143 Å². The molecule has 1 heterocycles. The Hall–Kier alpha value is -2.40. The van der Waals surface area contributed by atoms with E-state index in [4.69, 9.17) is 0 Å². The lowest BCUT2D eigenvalue weighted by Gasteiger charge is -2.22. The number of amides is 2. The van der Waals surface area contributed by atoms with Crippen molar-refractivity contribution in [1.82, 2.24) is 10.2 Å². The zero-order valence-corrected chi connectivity index (χ0v) is 14.0. The third-order valence-electron chi connectivity index (χ3n) is 4.05. The van der Waals surface area contributed by atoms with Crippen LogP contribution in [0.15, 0.2) is 49.6 Å². The average molecular weight is 327 g/mol. The minimum Gasteiger partial charge on any atom is -0.331 e. The second-order valence-electron chi connectivity index (χ2n) is 5.90. The molecule has 5 nitrogen and oxygen atoms in total. The summed E-state index contributed by atoms with van der Waals surface area (Å²) in [5.41, 5.74) is 1.29. The van der Waals surface area contributed by atoms with Gasteiger partial charge < -0.3 is 15.5 Å². The first-order valence-corrected chi connectivity index (χ1v) is 8.28. The summed E-state index contributed by atoms with van der Waals surface area (Å²) in [7, 11) is 0. The molecule has 1 saturated heterocycles. The summed E-state index contributed by atoms with van der Waals surface area (Å²) in [5, 5.41) is 6.16. The predicted molar refractivity (Wildman–Crippen MR) is 97.0 cm³/mol. The highest BCUT2D eigenvalue weighted by atomic mass is 16.2. The quantitative estimate of drug-likeness (QED) is 0.756. The molecule has 0 radical (unpaired) electrons. The third-order valence-corrected chi connectivity index (χ3v) is 4.05. The Bertz CT molecular complexity index is 579. The van der Waals surface area contributed by atoms with Crippen LogP contribution in [-0.2, 0) is 4.79 Å². The molecular formula is C19H25N3O2. The number of benzene rings is 1. The van der Waals surface area contributed by atoms with Gasteiger partial charge in [-0.1, -0.05) is 12.2 Å². The Morgan fingerprint density at radius 1 is 1.21 bits per heavy atom. The Morgan fingerprint density at radius 3 is 2.42 bits per heavy atom. The predicted octanol–water partition coefficient (Wildman–Crippen LogP) is 2.44. The minimum atomic E-state index is -0.0795. The van der Waals surface area contributed by atoms with Crippen molar-refractivity contribution in [3.8, 4) is 0 Å². The standard InChI is InChI=1S/C19H25N3O2/c1-3-12-22(13-4-2)19(24)15-7-9-17(10-8-15)21-18(23)16-6-5-11-20-14-16/h3-4,7-10,16,20H,1-2,5-6,11-14H2,(H,21,23). The molecule has 1 fully saturated rings. The lowest BCUT2D eigenvalue weighted by atomic mass is 9.99. The zero-order valence-electron chi connectivity index (χ0n) is 14.0. The molecule has 2 rings (SSSR count). The average Bonchev–Trinajstić information content (AvgIpc) is 2.62. The van der Waals surface area contributed by atoms with Gasteiger partial charge in [0.15, 0.2) is 0 Å². The molecular weight excluding hydrogens is 302 g/mol. The van der Waals surface area contributed by atoms with Crippen LogP contribution in [0.3, 0.4) is 0 Å². The number of piperidine rings is 1. The first-order valence-electron chi connectivity index (χ1n) is 8.28. The van der Waals surface area contributed by atoms with E-state index < -0.39 is 0 Å². The van der Waals surface area contributed by atoms with E-state index in [-0.39, 0.29) is 17.7 Å². The summed E-state index contributed by atoms with van der Waals surface area (Å²) in [4.78, 5) is 26.3. The van der Waals surface area contributed by atoms with Gasteiger partial charge in [0.2, 0.25) is 5.91 Å². The van der Waals surface area contributed by atoms with E-state index in [0.29, 0.717) is 24.3 Å².